The number of carbonyl (C=O) groups is 2. The molecule has 1 aromatic rings. The Labute approximate surface area is 191 Å². The number of amides is 3. The number of ether oxygens (including phenoxy) is 2. The van der Waals surface area contributed by atoms with E-state index in [9.17, 15) is 23.5 Å². The number of hydrogen-bond acceptors (Lipinski definition) is 6. The molecular weight excluding hydrogens is 438 g/mol. The fourth-order valence-electron chi connectivity index (χ4n) is 4.00. The largest absolute Gasteiger partial charge is 0.394 e. The molecule has 2 saturated heterocycles. The van der Waals surface area contributed by atoms with Gasteiger partial charge in [-0.15, -0.1) is 0 Å². The van der Waals surface area contributed by atoms with Crippen molar-refractivity contribution in [2.24, 2.45) is 0 Å². The average Bonchev–Trinajstić information content (AvgIpc) is 2.81. The third-order valence-electron chi connectivity index (χ3n) is 5.78. The highest BCUT2D eigenvalue weighted by Crippen LogP contribution is 2.22. The van der Waals surface area contributed by atoms with Gasteiger partial charge in [0.2, 0.25) is 5.91 Å². The fourth-order valence-corrected chi connectivity index (χ4v) is 4.00. The molecule has 3 amide bonds. The molecule has 2 fully saturated rings. The zero-order valence-electron chi connectivity index (χ0n) is 18.5. The number of halogens is 2. The van der Waals surface area contributed by atoms with Gasteiger partial charge in [-0.25, -0.2) is 13.6 Å². The first-order valence-electron chi connectivity index (χ1n) is 11.3. The number of aliphatic hydroxyl groups excluding tert-OH is 1. The Bertz CT molecular complexity index is 794. The zero-order chi connectivity index (χ0) is 23.6. The molecule has 0 bridgehead atoms. The van der Waals surface area contributed by atoms with Gasteiger partial charge in [0.15, 0.2) is 0 Å². The first-order valence-corrected chi connectivity index (χ1v) is 11.3. The van der Waals surface area contributed by atoms with Crippen molar-refractivity contribution < 1.29 is 33.0 Å². The summed E-state index contributed by atoms with van der Waals surface area (Å²) in [6.07, 6.45) is 0.922. The Morgan fingerprint density at radius 1 is 1.18 bits per heavy atom. The van der Waals surface area contributed by atoms with Crippen LogP contribution in [0.4, 0.5) is 19.3 Å². The van der Waals surface area contributed by atoms with Crippen LogP contribution in [0.2, 0.25) is 0 Å². The number of hydrogen-bond donors (Lipinski definition) is 4. The van der Waals surface area contributed by atoms with Crippen LogP contribution < -0.4 is 16.0 Å². The Hall–Kier alpha value is -2.34. The quantitative estimate of drug-likeness (QED) is 0.404. The van der Waals surface area contributed by atoms with Gasteiger partial charge in [0.1, 0.15) is 17.7 Å². The second-order valence-corrected chi connectivity index (χ2v) is 8.25. The molecular formula is C22H32F2N4O5. The van der Waals surface area contributed by atoms with E-state index >= 15 is 0 Å². The molecule has 3 atom stereocenters. The monoisotopic (exact) mass is 470 g/mol. The third-order valence-corrected chi connectivity index (χ3v) is 5.78. The Morgan fingerprint density at radius 2 is 1.97 bits per heavy atom. The molecule has 0 aromatic heterocycles. The van der Waals surface area contributed by atoms with Crippen molar-refractivity contribution in [3.8, 4) is 0 Å². The number of rotatable bonds is 9. The molecule has 1 aromatic carbocycles. The maximum atomic E-state index is 13.7. The van der Waals surface area contributed by atoms with Crippen molar-refractivity contribution >= 4 is 17.6 Å². The number of nitrogens with zero attached hydrogens (tertiary/aromatic N) is 1. The summed E-state index contributed by atoms with van der Waals surface area (Å²) in [5, 5.41) is 17.5. The van der Waals surface area contributed by atoms with E-state index < -0.39 is 29.8 Å². The molecule has 4 N–H and O–H groups in total. The van der Waals surface area contributed by atoms with Gasteiger partial charge >= 0.3 is 6.03 Å². The predicted molar refractivity (Wildman–Crippen MR) is 117 cm³/mol. The van der Waals surface area contributed by atoms with E-state index in [4.69, 9.17) is 9.47 Å². The summed E-state index contributed by atoms with van der Waals surface area (Å²) in [6, 6.07) is 1.49. The van der Waals surface area contributed by atoms with Crippen LogP contribution in [0.5, 0.6) is 0 Å². The van der Waals surface area contributed by atoms with E-state index in [0.717, 1.165) is 57.5 Å². The number of benzene rings is 1. The predicted octanol–water partition coefficient (Wildman–Crippen LogP) is 1.22. The van der Waals surface area contributed by atoms with Gasteiger partial charge < -0.3 is 30.5 Å². The Balaban J connectivity index is 1.37. The molecule has 2 aliphatic rings. The van der Waals surface area contributed by atoms with E-state index in [1.807, 2.05) is 0 Å². The molecule has 0 aliphatic carbocycles. The van der Waals surface area contributed by atoms with Gasteiger partial charge in [-0.3, -0.25) is 9.69 Å². The van der Waals surface area contributed by atoms with E-state index in [-0.39, 0.29) is 30.7 Å². The van der Waals surface area contributed by atoms with Gasteiger partial charge in [0.05, 0.1) is 44.1 Å². The number of carbonyl (C=O) groups excluding carboxylic acids is 2. The maximum Gasteiger partial charge on any atom is 0.319 e. The third kappa shape index (κ3) is 8.18. The highest BCUT2D eigenvalue weighted by atomic mass is 19.1. The van der Waals surface area contributed by atoms with Crippen LogP contribution >= 0.6 is 0 Å². The Morgan fingerprint density at radius 3 is 2.73 bits per heavy atom. The summed E-state index contributed by atoms with van der Waals surface area (Å²) < 4.78 is 38.1. The summed E-state index contributed by atoms with van der Waals surface area (Å²) >= 11 is 0. The van der Waals surface area contributed by atoms with Crippen LogP contribution in [-0.2, 0) is 14.3 Å². The van der Waals surface area contributed by atoms with Crippen LogP contribution in [0, 0.1) is 11.6 Å². The number of nitrogens with one attached hydrogen (secondary N) is 3. The highest BCUT2D eigenvalue weighted by molar-refractivity contribution is 5.89. The lowest BCUT2D eigenvalue weighted by Gasteiger charge is -2.36. The SMILES string of the molecule is O=C(C[C@@H]1CC[C@@H](NC(=O)Nc2cc(F)ccc2F)[C@@H](CO)O1)NCCCN1CCOCC1. The van der Waals surface area contributed by atoms with Gasteiger partial charge in [-0.2, -0.15) is 0 Å². The lowest BCUT2D eigenvalue weighted by Crippen LogP contribution is -2.52. The molecule has 33 heavy (non-hydrogen) atoms. The van der Waals surface area contributed by atoms with Crippen LogP contribution in [0.1, 0.15) is 25.7 Å². The van der Waals surface area contributed by atoms with Gasteiger partial charge in [-0.1, -0.05) is 0 Å². The lowest BCUT2D eigenvalue weighted by atomic mass is 9.97. The highest BCUT2D eigenvalue weighted by Gasteiger charge is 2.33. The number of urea groups is 1. The van der Waals surface area contributed by atoms with Gasteiger partial charge in [0, 0.05) is 25.7 Å². The standard InChI is InChI=1S/C22H32F2N4O5/c23-15-2-4-17(24)19(12-15)27-22(31)26-18-5-3-16(33-20(18)14-29)13-21(30)25-6-1-7-28-8-10-32-11-9-28/h2,4,12,16,18,20,29H,1,3,5-11,13-14H2,(H,25,30)(H2,26,27,31)/t16-,18+,20+/m0/s1. The minimum atomic E-state index is -0.763. The molecule has 11 heteroatoms. The molecule has 9 nitrogen and oxygen atoms in total. The number of aliphatic hydroxyl groups is 1. The van der Waals surface area contributed by atoms with E-state index in [0.29, 0.717) is 19.4 Å². The molecule has 2 aliphatic heterocycles. The summed E-state index contributed by atoms with van der Waals surface area (Å²) in [7, 11) is 0. The van der Waals surface area contributed by atoms with Crippen molar-refractivity contribution in [1.82, 2.24) is 15.5 Å². The topological polar surface area (TPSA) is 112 Å². The molecule has 2 heterocycles. The Kier molecular flexibility index (Phi) is 9.79. The van der Waals surface area contributed by atoms with Crippen LogP contribution in [-0.4, -0.2) is 86.2 Å². The summed E-state index contributed by atoms with van der Waals surface area (Å²) in [5.74, 6) is -1.56. The number of anilines is 1. The minimum Gasteiger partial charge on any atom is -0.394 e. The van der Waals surface area contributed by atoms with Crippen molar-refractivity contribution in [3.63, 3.8) is 0 Å². The second-order valence-electron chi connectivity index (χ2n) is 8.25. The minimum absolute atomic E-state index is 0.121. The number of morpholine rings is 1. The summed E-state index contributed by atoms with van der Waals surface area (Å²) in [6.45, 7) is 4.45. The van der Waals surface area contributed by atoms with Crippen LogP contribution in [0.25, 0.3) is 0 Å². The summed E-state index contributed by atoms with van der Waals surface area (Å²) in [4.78, 5) is 26.8. The fraction of sp³-hybridized carbons (Fsp3) is 0.636. The van der Waals surface area contributed by atoms with E-state index in [1.54, 1.807) is 0 Å². The van der Waals surface area contributed by atoms with E-state index in [2.05, 4.69) is 20.9 Å². The molecule has 0 unspecified atom stereocenters. The smallest absolute Gasteiger partial charge is 0.319 e. The van der Waals surface area contributed by atoms with Crippen LogP contribution in [0.3, 0.4) is 0 Å². The van der Waals surface area contributed by atoms with Crippen molar-refractivity contribution in [2.75, 3.05) is 51.3 Å². The molecule has 184 valence electrons. The van der Waals surface area contributed by atoms with Gasteiger partial charge in [0.25, 0.3) is 0 Å². The summed E-state index contributed by atoms with van der Waals surface area (Å²) in [5.41, 5.74) is -0.284. The van der Waals surface area contributed by atoms with Crippen molar-refractivity contribution in [1.29, 1.82) is 0 Å². The lowest BCUT2D eigenvalue weighted by molar-refractivity contribution is -0.130. The average molecular weight is 471 g/mol. The second kappa shape index (κ2) is 12.8. The molecule has 0 saturated carbocycles. The first-order chi connectivity index (χ1) is 15.9. The molecule has 3 rings (SSSR count). The zero-order valence-corrected chi connectivity index (χ0v) is 18.5. The first kappa shape index (κ1) is 25.3. The van der Waals surface area contributed by atoms with E-state index in [1.165, 1.54) is 0 Å². The van der Waals surface area contributed by atoms with Gasteiger partial charge in [-0.05, 0) is 37.9 Å². The maximum absolute atomic E-state index is 13.7. The van der Waals surface area contributed by atoms with Crippen molar-refractivity contribution in [3.05, 3.63) is 29.8 Å². The van der Waals surface area contributed by atoms with Crippen molar-refractivity contribution in [2.45, 2.75) is 43.9 Å². The molecule has 0 radical (unpaired) electrons. The normalized spacial score (nSPS) is 23.7. The van der Waals surface area contributed by atoms with Crippen LogP contribution in [0.15, 0.2) is 18.2 Å². The molecule has 0 spiro atoms.